The van der Waals surface area contributed by atoms with Crippen molar-refractivity contribution >= 4 is 40.2 Å². The molecule has 1 aromatic carbocycles. The zero-order valence-corrected chi connectivity index (χ0v) is 12.0. The zero-order chi connectivity index (χ0) is 14.8. The Morgan fingerprint density at radius 2 is 2.33 bits per heavy atom. The van der Waals surface area contributed by atoms with Crippen LogP contribution in [-0.2, 0) is 4.79 Å². The van der Waals surface area contributed by atoms with Gasteiger partial charge in [-0.05, 0) is 25.1 Å². The number of thioether (sulfide) groups is 1. The number of hydrogen-bond donors (Lipinski definition) is 3. The fourth-order valence-corrected chi connectivity index (χ4v) is 2.50. The van der Waals surface area contributed by atoms with Crippen molar-refractivity contribution in [1.82, 2.24) is 15.1 Å². The van der Waals surface area contributed by atoms with E-state index < -0.39 is 0 Å². The van der Waals surface area contributed by atoms with Gasteiger partial charge in [-0.1, -0.05) is 16.9 Å². The number of aromatic amines is 1. The van der Waals surface area contributed by atoms with Crippen molar-refractivity contribution in [1.29, 1.82) is 0 Å². The molecule has 21 heavy (non-hydrogen) atoms. The average molecular weight is 303 g/mol. The van der Waals surface area contributed by atoms with Crippen LogP contribution in [0, 0.1) is 6.92 Å². The number of hydrogen-bond acceptors (Lipinski definition) is 6. The summed E-state index contributed by atoms with van der Waals surface area (Å²) in [5.74, 6) is 1.11. The highest BCUT2D eigenvalue weighted by Crippen LogP contribution is 2.21. The Morgan fingerprint density at radius 1 is 1.48 bits per heavy atom. The van der Waals surface area contributed by atoms with E-state index in [1.54, 1.807) is 19.1 Å². The third kappa shape index (κ3) is 3.16. The molecule has 2 heterocycles. The molecule has 3 rings (SSSR count). The minimum Gasteiger partial charge on any atom is -0.399 e. The number of carbonyl (C=O) groups is 1. The minimum atomic E-state index is -0.173. The van der Waals surface area contributed by atoms with Crippen molar-refractivity contribution in [3.05, 3.63) is 30.0 Å². The van der Waals surface area contributed by atoms with Gasteiger partial charge < -0.3 is 20.6 Å². The summed E-state index contributed by atoms with van der Waals surface area (Å²) in [7, 11) is 0. The maximum Gasteiger partial charge on any atom is 0.236 e. The highest BCUT2D eigenvalue weighted by molar-refractivity contribution is 7.99. The number of fused-ring (bicyclic) bond motifs is 1. The SMILES string of the molecule is Cc1cc(NC(=O)CSc2nc3ccc(N)cc3[nH]2)no1. The molecule has 0 bridgehead atoms. The van der Waals surface area contributed by atoms with Crippen molar-refractivity contribution in [2.45, 2.75) is 12.1 Å². The van der Waals surface area contributed by atoms with E-state index >= 15 is 0 Å². The summed E-state index contributed by atoms with van der Waals surface area (Å²) in [5, 5.41) is 7.02. The molecule has 0 aliphatic heterocycles. The van der Waals surface area contributed by atoms with Gasteiger partial charge in [0.1, 0.15) is 5.76 Å². The molecule has 0 unspecified atom stereocenters. The molecule has 0 saturated heterocycles. The summed E-state index contributed by atoms with van der Waals surface area (Å²) in [6, 6.07) is 7.10. The molecule has 0 aliphatic carbocycles. The number of nitrogens with two attached hydrogens (primary N) is 1. The van der Waals surface area contributed by atoms with Gasteiger partial charge in [0.25, 0.3) is 0 Å². The first-order chi connectivity index (χ1) is 10.1. The van der Waals surface area contributed by atoms with Crippen molar-refractivity contribution in [2.24, 2.45) is 0 Å². The molecule has 8 heteroatoms. The molecule has 4 N–H and O–H groups in total. The van der Waals surface area contributed by atoms with Crippen molar-refractivity contribution < 1.29 is 9.32 Å². The largest absolute Gasteiger partial charge is 0.399 e. The molecule has 0 spiro atoms. The fourth-order valence-electron chi connectivity index (χ4n) is 1.81. The van der Waals surface area contributed by atoms with Crippen LogP contribution in [-0.4, -0.2) is 26.8 Å². The second-order valence-corrected chi connectivity index (χ2v) is 5.44. The van der Waals surface area contributed by atoms with E-state index in [-0.39, 0.29) is 11.7 Å². The lowest BCUT2D eigenvalue weighted by atomic mass is 10.3. The van der Waals surface area contributed by atoms with Gasteiger partial charge in [0.2, 0.25) is 5.91 Å². The molecular weight excluding hydrogens is 290 g/mol. The average Bonchev–Trinajstić information content (AvgIpc) is 3.02. The van der Waals surface area contributed by atoms with Gasteiger partial charge in [0.05, 0.1) is 16.8 Å². The van der Waals surface area contributed by atoms with E-state index in [4.69, 9.17) is 10.3 Å². The van der Waals surface area contributed by atoms with Gasteiger partial charge >= 0.3 is 0 Å². The van der Waals surface area contributed by atoms with Crippen molar-refractivity contribution in [3.63, 3.8) is 0 Å². The molecule has 0 atom stereocenters. The van der Waals surface area contributed by atoms with Gasteiger partial charge in [0, 0.05) is 11.8 Å². The third-order valence-corrected chi connectivity index (χ3v) is 3.59. The quantitative estimate of drug-likeness (QED) is 0.503. The van der Waals surface area contributed by atoms with Crippen LogP contribution in [0.25, 0.3) is 11.0 Å². The molecule has 2 aromatic heterocycles. The van der Waals surface area contributed by atoms with Crippen LogP contribution in [0.2, 0.25) is 0 Å². The highest BCUT2D eigenvalue weighted by atomic mass is 32.2. The number of nitrogen functional groups attached to an aromatic ring is 1. The van der Waals surface area contributed by atoms with Crippen molar-refractivity contribution in [2.75, 3.05) is 16.8 Å². The molecule has 3 aromatic rings. The monoisotopic (exact) mass is 303 g/mol. The van der Waals surface area contributed by atoms with E-state index in [1.165, 1.54) is 11.8 Å². The first-order valence-corrected chi connectivity index (χ1v) is 7.20. The lowest BCUT2D eigenvalue weighted by molar-refractivity contribution is -0.113. The van der Waals surface area contributed by atoms with E-state index in [2.05, 4.69) is 20.4 Å². The number of carbonyl (C=O) groups excluding carboxylic acids is 1. The number of benzene rings is 1. The molecule has 0 aliphatic rings. The van der Waals surface area contributed by atoms with Crippen LogP contribution in [0.4, 0.5) is 11.5 Å². The van der Waals surface area contributed by atoms with E-state index in [0.717, 1.165) is 11.0 Å². The van der Waals surface area contributed by atoms with Crippen molar-refractivity contribution in [3.8, 4) is 0 Å². The Labute approximate surface area is 124 Å². The van der Waals surface area contributed by atoms with Crippen LogP contribution in [0.15, 0.2) is 33.9 Å². The van der Waals surface area contributed by atoms with Crippen LogP contribution in [0.3, 0.4) is 0 Å². The molecule has 0 saturated carbocycles. The molecule has 1 amide bonds. The summed E-state index contributed by atoms with van der Waals surface area (Å²) in [6.07, 6.45) is 0. The number of rotatable bonds is 4. The standard InChI is InChI=1S/C13H13N5O2S/c1-7-4-11(18-20-7)17-12(19)6-21-13-15-9-3-2-8(14)5-10(9)16-13/h2-5H,6,14H2,1H3,(H,15,16)(H,17,18,19). The summed E-state index contributed by atoms with van der Waals surface area (Å²) >= 11 is 1.31. The fraction of sp³-hybridized carbons (Fsp3) is 0.154. The number of amides is 1. The van der Waals surface area contributed by atoms with E-state index in [9.17, 15) is 4.79 Å². The summed E-state index contributed by atoms with van der Waals surface area (Å²) < 4.78 is 4.88. The van der Waals surface area contributed by atoms with Crippen LogP contribution < -0.4 is 11.1 Å². The van der Waals surface area contributed by atoms with Gasteiger partial charge in [-0.15, -0.1) is 0 Å². The Morgan fingerprint density at radius 3 is 3.10 bits per heavy atom. The second-order valence-electron chi connectivity index (χ2n) is 4.48. The lowest BCUT2D eigenvalue weighted by Crippen LogP contribution is -2.14. The number of H-pyrrole nitrogens is 1. The number of anilines is 2. The molecule has 7 nitrogen and oxygen atoms in total. The number of aromatic nitrogens is 3. The lowest BCUT2D eigenvalue weighted by Gasteiger charge is -1.98. The summed E-state index contributed by atoms with van der Waals surface area (Å²) in [5.41, 5.74) is 8.05. The predicted octanol–water partition coefficient (Wildman–Crippen LogP) is 2.17. The zero-order valence-electron chi connectivity index (χ0n) is 11.2. The van der Waals surface area contributed by atoms with Gasteiger partial charge in [-0.25, -0.2) is 4.98 Å². The van der Waals surface area contributed by atoms with E-state index in [0.29, 0.717) is 22.4 Å². The molecule has 108 valence electrons. The van der Waals surface area contributed by atoms with Crippen LogP contribution in [0.1, 0.15) is 5.76 Å². The van der Waals surface area contributed by atoms with Gasteiger partial charge in [0.15, 0.2) is 11.0 Å². The first-order valence-electron chi connectivity index (χ1n) is 6.21. The minimum absolute atomic E-state index is 0.173. The first kappa shape index (κ1) is 13.5. The molecule has 0 fully saturated rings. The molecule has 0 radical (unpaired) electrons. The topological polar surface area (TPSA) is 110 Å². The van der Waals surface area contributed by atoms with Gasteiger partial charge in [-0.2, -0.15) is 0 Å². The van der Waals surface area contributed by atoms with Gasteiger partial charge in [-0.3, -0.25) is 4.79 Å². The summed E-state index contributed by atoms with van der Waals surface area (Å²) in [6.45, 7) is 1.76. The maximum absolute atomic E-state index is 11.8. The Hall–Kier alpha value is -2.48. The Kier molecular flexibility index (Phi) is 3.53. The number of nitrogens with zero attached hydrogens (tertiary/aromatic N) is 2. The maximum atomic E-state index is 11.8. The number of aryl methyl sites for hydroxylation is 1. The van der Waals surface area contributed by atoms with Crippen LogP contribution >= 0.6 is 11.8 Å². The number of imidazole rings is 1. The normalized spacial score (nSPS) is 10.9. The Bertz CT molecular complexity index is 795. The van der Waals surface area contributed by atoms with E-state index in [1.807, 2.05) is 12.1 Å². The highest BCUT2D eigenvalue weighted by Gasteiger charge is 2.09. The number of nitrogens with one attached hydrogen (secondary N) is 2. The van der Waals surface area contributed by atoms with Crippen LogP contribution in [0.5, 0.6) is 0 Å². The predicted molar refractivity (Wildman–Crippen MR) is 81.1 cm³/mol. The third-order valence-electron chi connectivity index (χ3n) is 2.72. The molecular formula is C13H13N5O2S. The summed E-state index contributed by atoms with van der Waals surface area (Å²) in [4.78, 5) is 19.3. The Balaban J connectivity index is 1.61. The smallest absolute Gasteiger partial charge is 0.236 e. The second kappa shape index (κ2) is 5.49.